The number of nitrogens with one attached hydrogen (secondary N) is 1. The van der Waals surface area contributed by atoms with E-state index < -0.39 is 5.91 Å². The van der Waals surface area contributed by atoms with E-state index in [2.05, 4.69) is 20.2 Å². The summed E-state index contributed by atoms with van der Waals surface area (Å²) in [5, 5.41) is 12.2. The van der Waals surface area contributed by atoms with Crippen molar-refractivity contribution in [1.29, 1.82) is 0 Å². The minimum atomic E-state index is -0.525. The normalized spacial score (nSPS) is 14.8. The number of carbonyl (C=O) groups is 1. The SMILES string of the molecule is [C-]#[N+]c1ccc(N2CC(O)=C(C(=Nc3ccc(F)cc3)SC)C(=O)N2)cn1. The number of pyridine rings is 1. The van der Waals surface area contributed by atoms with Gasteiger partial charge in [0.1, 0.15) is 28.4 Å². The summed E-state index contributed by atoms with van der Waals surface area (Å²) in [6.07, 6.45) is 3.17. The molecule has 7 nitrogen and oxygen atoms in total. The molecule has 0 bridgehead atoms. The van der Waals surface area contributed by atoms with Crippen molar-refractivity contribution in [2.24, 2.45) is 4.99 Å². The van der Waals surface area contributed by atoms with Crippen LogP contribution >= 0.6 is 11.8 Å². The number of thioether (sulfide) groups is 1. The van der Waals surface area contributed by atoms with Crippen LogP contribution in [-0.2, 0) is 4.79 Å². The molecular formula is C18H14FN5O2S. The standard InChI is InChI=1S/C18H14FN5O2S/c1-20-15-8-7-13(9-21-15)24-10-14(25)16(17(26)23-24)18(27-2)22-12-5-3-11(19)4-6-12/h3-9,25H,10H2,2H3,(H,23,26). The summed E-state index contributed by atoms with van der Waals surface area (Å²) in [7, 11) is 0. The lowest BCUT2D eigenvalue weighted by atomic mass is 10.2. The Bertz CT molecular complexity index is 965. The van der Waals surface area contributed by atoms with E-state index in [9.17, 15) is 14.3 Å². The van der Waals surface area contributed by atoms with Crippen LogP contribution in [0, 0.1) is 12.4 Å². The first-order valence-corrected chi connectivity index (χ1v) is 8.97. The zero-order valence-corrected chi connectivity index (χ0v) is 15.0. The van der Waals surface area contributed by atoms with Gasteiger partial charge in [0.05, 0.1) is 17.9 Å². The number of benzene rings is 1. The Morgan fingerprint density at radius 2 is 2.11 bits per heavy atom. The molecule has 0 radical (unpaired) electrons. The third kappa shape index (κ3) is 4.07. The first-order chi connectivity index (χ1) is 13.0. The highest BCUT2D eigenvalue weighted by Crippen LogP contribution is 2.25. The fraction of sp³-hybridized carbons (Fsp3) is 0.111. The van der Waals surface area contributed by atoms with Gasteiger partial charge in [0.25, 0.3) is 11.7 Å². The van der Waals surface area contributed by atoms with Crippen LogP contribution in [0.5, 0.6) is 0 Å². The minimum Gasteiger partial charge on any atom is -0.509 e. The van der Waals surface area contributed by atoms with E-state index in [1.54, 1.807) is 12.3 Å². The summed E-state index contributed by atoms with van der Waals surface area (Å²) in [4.78, 5) is 24.1. The molecule has 0 saturated carbocycles. The van der Waals surface area contributed by atoms with Gasteiger partial charge in [-0.25, -0.2) is 9.38 Å². The highest BCUT2D eigenvalue weighted by atomic mass is 32.2. The molecule has 1 aliphatic rings. The Labute approximate surface area is 159 Å². The quantitative estimate of drug-likeness (QED) is 0.481. The highest BCUT2D eigenvalue weighted by Gasteiger charge is 2.29. The average molecular weight is 383 g/mol. The van der Waals surface area contributed by atoms with E-state index in [1.807, 2.05) is 0 Å². The largest absolute Gasteiger partial charge is 0.509 e. The summed E-state index contributed by atoms with van der Waals surface area (Å²) >= 11 is 1.20. The molecule has 1 aromatic heterocycles. The van der Waals surface area contributed by atoms with E-state index in [0.717, 1.165) is 0 Å². The summed E-state index contributed by atoms with van der Waals surface area (Å²) in [6.45, 7) is 6.93. The molecule has 2 aromatic rings. The van der Waals surface area contributed by atoms with Crippen molar-refractivity contribution in [3.8, 4) is 0 Å². The van der Waals surface area contributed by atoms with Crippen LogP contribution in [0.3, 0.4) is 0 Å². The van der Waals surface area contributed by atoms with Gasteiger partial charge in [-0.2, -0.15) is 0 Å². The summed E-state index contributed by atoms with van der Waals surface area (Å²) in [5.74, 6) is -0.823. The van der Waals surface area contributed by atoms with Gasteiger partial charge in [0.15, 0.2) is 0 Å². The molecule has 0 fully saturated rings. The molecule has 3 rings (SSSR count). The maximum Gasteiger partial charge on any atom is 0.276 e. The van der Waals surface area contributed by atoms with Crippen LogP contribution in [0.15, 0.2) is 58.9 Å². The Morgan fingerprint density at radius 3 is 2.67 bits per heavy atom. The molecule has 1 amide bonds. The smallest absolute Gasteiger partial charge is 0.276 e. The number of carbonyl (C=O) groups excluding carboxylic acids is 1. The fourth-order valence-corrected chi connectivity index (χ4v) is 3.01. The second-order valence-corrected chi connectivity index (χ2v) is 6.23. The van der Waals surface area contributed by atoms with E-state index in [-0.39, 0.29) is 29.5 Å². The number of hydrazine groups is 1. The number of amides is 1. The van der Waals surface area contributed by atoms with Gasteiger partial charge in [0.2, 0.25) is 0 Å². The van der Waals surface area contributed by atoms with Crippen LogP contribution in [-0.4, -0.2) is 33.8 Å². The van der Waals surface area contributed by atoms with Crippen molar-refractivity contribution in [2.45, 2.75) is 0 Å². The molecule has 0 saturated heterocycles. The third-order valence-electron chi connectivity index (χ3n) is 3.68. The Morgan fingerprint density at radius 1 is 1.37 bits per heavy atom. The fourth-order valence-electron chi connectivity index (χ4n) is 2.39. The van der Waals surface area contributed by atoms with E-state index in [0.29, 0.717) is 16.4 Å². The lowest BCUT2D eigenvalue weighted by Gasteiger charge is -2.29. The number of rotatable bonds is 3. The molecule has 1 aromatic carbocycles. The van der Waals surface area contributed by atoms with Gasteiger partial charge in [0, 0.05) is 0 Å². The number of aliphatic imine (C=N–C) groups is 1. The molecular weight excluding hydrogens is 369 g/mol. The van der Waals surface area contributed by atoms with Gasteiger partial charge in [-0.1, -0.05) is 6.57 Å². The Kier molecular flexibility index (Phi) is 5.38. The van der Waals surface area contributed by atoms with Crippen molar-refractivity contribution in [1.82, 2.24) is 10.4 Å². The number of halogens is 1. The molecule has 1 aliphatic heterocycles. The average Bonchev–Trinajstić information content (AvgIpc) is 2.68. The van der Waals surface area contributed by atoms with Gasteiger partial charge in [-0.3, -0.25) is 15.2 Å². The van der Waals surface area contributed by atoms with Gasteiger partial charge < -0.3 is 9.95 Å². The van der Waals surface area contributed by atoms with Crippen molar-refractivity contribution < 1.29 is 14.3 Å². The predicted octanol–water partition coefficient (Wildman–Crippen LogP) is 3.53. The van der Waals surface area contributed by atoms with Crippen LogP contribution in [0.1, 0.15) is 0 Å². The minimum absolute atomic E-state index is 0.0170. The third-order valence-corrected chi connectivity index (χ3v) is 4.37. The molecule has 136 valence electrons. The summed E-state index contributed by atoms with van der Waals surface area (Å²) < 4.78 is 13.0. The van der Waals surface area contributed by atoms with Gasteiger partial charge >= 0.3 is 0 Å². The van der Waals surface area contributed by atoms with Crippen molar-refractivity contribution >= 4 is 39.9 Å². The Balaban J connectivity index is 1.89. The van der Waals surface area contributed by atoms with Crippen molar-refractivity contribution in [2.75, 3.05) is 17.8 Å². The second kappa shape index (κ2) is 7.88. The number of hydrogen-bond acceptors (Lipinski definition) is 6. The summed E-state index contributed by atoms with van der Waals surface area (Å²) in [5.41, 5.74) is 3.73. The first-order valence-electron chi connectivity index (χ1n) is 7.74. The second-order valence-electron chi connectivity index (χ2n) is 5.43. The van der Waals surface area contributed by atoms with E-state index >= 15 is 0 Å². The number of aromatic nitrogens is 1. The van der Waals surface area contributed by atoms with Crippen molar-refractivity contribution in [3.05, 3.63) is 71.2 Å². The van der Waals surface area contributed by atoms with E-state index in [4.69, 9.17) is 6.57 Å². The monoisotopic (exact) mass is 383 g/mol. The number of aliphatic hydroxyl groups excluding tert-OH is 1. The van der Waals surface area contributed by atoms with Crippen molar-refractivity contribution in [3.63, 3.8) is 0 Å². The first kappa shape index (κ1) is 18.4. The molecule has 0 aliphatic carbocycles. The highest BCUT2D eigenvalue weighted by molar-refractivity contribution is 8.14. The molecule has 0 spiro atoms. The maximum absolute atomic E-state index is 13.0. The van der Waals surface area contributed by atoms with Gasteiger partial charge in [-0.15, -0.1) is 16.7 Å². The van der Waals surface area contributed by atoms with Crippen LogP contribution < -0.4 is 10.4 Å². The lowest BCUT2D eigenvalue weighted by molar-refractivity contribution is -0.117. The van der Waals surface area contributed by atoms with Crippen LogP contribution in [0.4, 0.5) is 21.6 Å². The molecule has 9 heteroatoms. The number of aliphatic hydroxyl groups is 1. The zero-order valence-electron chi connectivity index (χ0n) is 14.2. The molecule has 2 N–H and O–H groups in total. The lowest BCUT2D eigenvalue weighted by Crippen LogP contribution is -2.49. The van der Waals surface area contributed by atoms with Gasteiger partial charge in [-0.05, 0) is 42.7 Å². The zero-order chi connectivity index (χ0) is 19.4. The van der Waals surface area contributed by atoms with Crippen LogP contribution in [0.25, 0.3) is 4.85 Å². The van der Waals surface area contributed by atoms with Crippen LogP contribution in [0.2, 0.25) is 0 Å². The maximum atomic E-state index is 13.0. The molecule has 27 heavy (non-hydrogen) atoms. The summed E-state index contributed by atoms with van der Waals surface area (Å²) in [6, 6.07) is 8.66. The number of nitrogens with zero attached hydrogens (tertiary/aromatic N) is 4. The number of hydrogen-bond donors (Lipinski definition) is 2. The Hall–Kier alpha value is -3.38. The molecule has 0 unspecified atom stereocenters. The van der Waals surface area contributed by atoms with E-state index in [1.165, 1.54) is 53.3 Å². The topological polar surface area (TPSA) is 82.2 Å². The number of anilines is 1. The molecule has 2 heterocycles. The molecule has 0 atom stereocenters. The predicted molar refractivity (Wildman–Crippen MR) is 103 cm³/mol.